The molecule has 0 atom stereocenters. The Morgan fingerprint density at radius 2 is 2.43 bits per heavy atom. The molecule has 1 aromatic heterocycles. The van der Waals surface area contributed by atoms with E-state index in [0.29, 0.717) is 6.54 Å². The largest absolute Gasteiger partial charge is 0.348 e. The van der Waals surface area contributed by atoms with Crippen molar-refractivity contribution in [2.45, 2.75) is 20.4 Å². The topological polar surface area (TPSA) is 42.0 Å². The second kappa shape index (κ2) is 5.17. The van der Waals surface area contributed by atoms with Crippen LogP contribution in [-0.2, 0) is 11.3 Å². The summed E-state index contributed by atoms with van der Waals surface area (Å²) in [5, 5.41) is 2.80. The number of hydrogen-bond acceptors (Lipinski definition) is 2. The average Bonchev–Trinajstić information content (AvgIpc) is 2.26. The first-order chi connectivity index (χ1) is 6.74. The predicted molar refractivity (Wildman–Crippen MR) is 55.5 cm³/mol. The lowest BCUT2D eigenvalue weighted by molar-refractivity contribution is -0.117. The molecule has 1 amide bonds. The predicted octanol–water partition coefficient (Wildman–Crippen LogP) is 1.66. The van der Waals surface area contributed by atoms with Gasteiger partial charge in [-0.25, -0.2) is 0 Å². The molecular formula is C11H14N2O. The van der Waals surface area contributed by atoms with Gasteiger partial charge in [-0.3, -0.25) is 9.78 Å². The average molecular weight is 190 g/mol. The minimum Gasteiger partial charge on any atom is -0.348 e. The van der Waals surface area contributed by atoms with Gasteiger partial charge in [0.05, 0.1) is 0 Å². The lowest BCUT2D eigenvalue weighted by atomic mass is 10.2. The lowest BCUT2D eigenvalue weighted by Gasteiger charge is -2.04. The maximum Gasteiger partial charge on any atom is 0.246 e. The van der Waals surface area contributed by atoms with E-state index in [9.17, 15) is 4.79 Å². The number of amides is 1. The van der Waals surface area contributed by atoms with Gasteiger partial charge in [-0.05, 0) is 25.5 Å². The van der Waals surface area contributed by atoms with Gasteiger partial charge in [0.1, 0.15) is 0 Å². The van der Waals surface area contributed by atoms with E-state index < -0.39 is 0 Å². The van der Waals surface area contributed by atoms with Crippen molar-refractivity contribution in [1.82, 2.24) is 10.3 Å². The summed E-state index contributed by atoms with van der Waals surface area (Å²) in [4.78, 5) is 15.3. The molecule has 0 spiro atoms. The molecule has 14 heavy (non-hydrogen) atoms. The number of carbonyl (C=O) groups is 1. The summed E-state index contributed by atoms with van der Waals surface area (Å²) in [6.45, 7) is 4.16. The summed E-state index contributed by atoms with van der Waals surface area (Å²) in [5.41, 5.74) is 1.73. The molecule has 0 aliphatic carbocycles. The van der Waals surface area contributed by atoms with Gasteiger partial charge in [0.15, 0.2) is 0 Å². The molecule has 1 heterocycles. The SMILES string of the molecule is C/C=C(\C)C(=O)NCc1cccnc1. The Balaban J connectivity index is 2.46. The number of nitrogens with one attached hydrogen (secondary N) is 1. The van der Waals surface area contributed by atoms with Crippen LogP contribution < -0.4 is 5.32 Å². The van der Waals surface area contributed by atoms with E-state index in [1.807, 2.05) is 19.1 Å². The highest BCUT2D eigenvalue weighted by Gasteiger charge is 2.01. The molecule has 1 aromatic rings. The fourth-order valence-corrected chi connectivity index (χ4v) is 0.956. The molecule has 1 rings (SSSR count). The van der Waals surface area contributed by atoms with Gasteiger partial charge in [-0.2, -0.15) is 0 Å². The second-order valence-corrected chi connectivity index (χ2v) is 3.02. The second-order valence-electron chi connectivity index (χ2n) is 3.02. The number of hydrogen-bond donors (Lipinski definition) is 1. The van der Waals surface area contributed by atoms with Gasteiger partial charge in [0, 0.05) is 24.5 Å². The van der Waals surface area contributed by atoms with E-state index in [4.69, 9.17) is 0 Å². The summed E-state index contributed by atoms with van der Waals surface area (Å²) in [6, 6.07) is 3.78. The maximum atomic E-state index is 11.3. The van der Waals surface area contributed by atoms with Crippen LogP contribution >= 0.6 is 0 Å². The van der Waals surface area contributed by atoms with E-state index >= 15 is 0 Å². The molecule has 1 N–H and O–H groups in total. The van der Waals surface area contributed by atoms with Gasteiger partial charge >= 0.3 is 0 Å². The van der Waals surface area contributed by atoms with Gasteiger partial charge in [-0.1, -0.05) is 12.1 Å². The molecule has 0 bridgehead atoms. The summed E-state index contributed by atoms with van der Waals surface area (Å²) >= 11 is 0. The van der Waals surface area contributed by atoms with Crippen LogP contribution in [0.25, 0.3) is 0 Å². The van der Waals surface area contributed by atoms with Crippen molar-refractivity contribution in [2.75, 3.05) is 0 Å². The third kappa shape index (κ3) is 3.01. The van der Waals surface area contributed by atoms with E-state index in [0.717, 1.165) is 11.1 Å². The monoisotopic (exact) mass is 190 g/mol. The zero-order valence-corrected chi connectivity index (χ0v) is 8.45. The van der Waals surface area contributed by atoms with Crippen molar-refractivity contribution in [2.24, 2.45) is 0 Å². The first-order valence-electron chi connectivity index (χ1n) is 4.54. The van der Waals surface area contributed by atoms with Crippen molar-refractivity contribution in [3.8, 4) is 0 Å². The first kappa shape index (κ1) is 10.4. The standard InChI is InChI=1S/C11H14N2O/c1-3-9(2)11(14)13-8-10-5-4-6-12-7-10/h3-7H,8H2,1-2H3,(H,13,14)/b9-3+. The Bertz CT molecular complexity index is 330. The molecular weight excluding hydrogens is 176 g/mol. The number of aromatic nitrogens is 1. The van der Waals surface area contributed by atoms with Crippen LogP contribution in [0.1, 0.15) is 19.4 Å². The van der Waals surface area contributed by atoms with Gasteiger partial charge in [-0.15, -0.1) is 0 Å². The zero-order valence-electron chi connectivity index (χ0n) is 8.45. The quantitative estimate of drug-likeness (QED) is 0.736. The molecule has 0 aliphatic rings. The number of nitrogens with zero attached hydrogens (tertiary/aromatic N) is 1. The normalized spacial score (nSPS) is 11.1. The highest BCUT2D eigenvalue weighted by Crippen LogP contribution is 1.96. The minimum atomic E-state index is -0.0312. The molecule has 0 aromatic carbocycles. The Morgan fingerprint density at radius 3 is 3.00 bits per heavy atom. The molecule has 74 valence electrons. The van der Waals surface area contributed by atoms with Gasteiger partial charge in [0.25, 0.3) is 0 Å². The van der Waals surface area contributed by atoms with E-state index in [1.165, 1.54) is 0 Å². The molecule has 0 saturated heterocycles. The summed E-state index contributed by atoms with van der Waals surface area (Å²) < 4.78 is 0. The molecule has 0 unspecified atom stereocenters. The van der Waals surface area contributed by atoms with Crippen LogP contribution in [0.3, 0.4) is 0 Å². The Morgan fingerprint density at radius 1 is 1.64 bits per heavy atom. The van der Waals surface area contributed by atoms with Crippen LogP contribution in [0.15, 0.2) is 36.2 Å². The highest BCUT2D eigenvalue weighted by molar-refractivity contribution is 5.92. The highest BCUT2D eigenvalue weighted by atomic mass is 16.1. The molecule has 0 aliphatic heterocycles. The van der Waals surface area contributed by atoms with Crippen LogP contribution in [-0.4, -0.2) is 10.9 Å². The van der Waals surface area contributed by atoms with Crippen molar-refractivity contribution in [1.29, 1.82) is 0 Å². The van der Waals surface area contributed by atoms with Crippen LogP contribution in [0, 0.1) is 0 Å². The fraction of sp³-hybridized carbons (Fsp3) is 0.273. The van der Waals surface area contributed by atoms with Crippen LogP contribution in [0.4, 0.5) is 0 Å². The minimum absolute atomic E-state index is 0.0312. The van der Waals surface area contributed by atoms with E-state index in [1.54, 1.807) is 25.4 Å². The van der Waals surface area contributed by atoms with Crippen LogP contribution in [0.5, 0.6) is 0 Å². The summed E-state index contributed by atoms with van der Waals surface area (Å²) in [6.07, 6.45) is 5.24. The lowest BCUT2D eigenvalue weighted by Crippen LogP contribution is -2.23. The summed E-state index contributed by atoms with van der Waals surface area (Å²) in [5.74, 6) is -0.0312. The third-order valence-electron chi connectivity index (χ3n) is 1.97. The first-order valence-corrected chi connectivity index (χ1v) is 4.54. The Hall–Kier alpha value is -1.64. The number of allylic oxidation sites excluding steroid dienone is 1. The smallest absolute Gasteiger partial charge is 0.246 e. The number of carbonyl (C=O) groups excluding carboxylic acids is 1. The molecule has 0 saturated carbocycles. The van der Waals surface area contributed by atoms with Crippen molar-refractivity contribution >= 4 is 5.91 Å². The Labute approximate surface area is 83.9 Å². The van der Waals surface area contributed by atoms with Gasteiger partial charge < -0.3 is 5.32 Å². The van der Waals surface area contributed by atoms with E-state index in [2.05, 4.69) is 10.3 Å². The van der Waals surface area contributed by atoms with Gasteiger partial charge in [0.2, 0.25) is 5.91 Å². The number of pyridine rings is 1. The van der Waals surface area contributed by atoms with E-state index in [-0.39, 0.29) is 5.91 Å². The molecule has 0 radical (unpaired) electrons. The van der Waals surface area contributed by atoms with Crippen molar-refractivity contribution < 1.29 is 4.79 Å². The van der Waals surface area contributed by atoms with Crippen molar-refractivity contribution in [3.63, 3.8) is 0 Å². The Kier molecular flexibility index (Phi) is 3.85. The summed E-state index contributed by atoms with van der Waals surface area (Å²) in [7, 11) is 0. The molecule has 3 heteroatoms. The van der Waals surface area contributed by atoms with Crippen LogP contribution in [0.2, 0.25) is 0 Å². The molecule has 3 nitrogen and oxygen atoms in total. The van der Waals surface area contributed by atoms with Crippen molar-refractivity contribution in [3.05, 3.63) is 41.7 Å². The number of rotatable bonds is 3. The molecule has 0 fully saturated rings. The maximum absolute atomic E-state index is 11.3. The fourth-order valence-electron chi connectivity index (χ4n) is 0.956. The third-order valence-corrected chi connectivity index (χ3v) is 1.97. The zero-order chi connectivity index (χ0) is 10.4.